The Morgan fingerprint density at radius 2 is 1.95 bits per heavy atom. The van der Waals surface area contributed by atoms with Gasteiger partial charge in [-0.2, -0.15) is 0 Å². The maximum Gasteiger partial charge on any atom is 0.233 e. The van der Waals surface area contributed by atoms with Gasteiger partial charge >= 0.3 is 0 Å². The van der Waals surface area contributed by atoms with Crippen molar-refractivity contribution in [2.24, 2.45) is 5.92 Å². The minimum Gasteiger partial charge on any atom is -0.391 e. The van der Waals surface area contributed by atoms with Gasteiger partial charge in [-0.1, -0.05) is 50.6 Å². The highest BCUT2D eigenvalue weighted by molar-refractivity contribution is 7.92. The van der Waals surface area contributed by atoms with Crippen LogP contribution in [0.25, 0.3) is 6.08 Å². The maximum absolute atomic E-state index is 11.7. The molecule has 2 atom stereocenters. The normalized spacial score (nSPS) is 15.5. The fraction of sp³-hybridized carbons (Fsp3) is 0.429. The molecule has 0 aliphatic carbocycles. The SMILES string of the molecule is CCC(C)C(O)CNS(=O)(=O)/C=C/c1ccccc1. The van der Waals surface area contributed by atoms with Crippen molar-refractivity contribution in [2.75, 3.05) is 6.54 Å². The Hall–Kier alpha value is -1.17. The van der Waals surface area contributed by atoms with Gasteiger partial charge in [-0.15, -0.1) is 0 Å². The number of hydrogen-bond acceptors (Lipinski definition) is 3. The predicted octanol–water partition coefficient (Wildman–Crippen LogP) is 1.98. The van der Waals surface area contributed by atoms with Gasteiger partial charge in [0.05, 0.1) is 6.10 Å². The molecule has 0 bridgehead atoms. The number of hydrogen-bond donors (Lipinski definition) is 2. The third-order valence-corrected chi connectivity index (χ3v) is 4.10. The minimum absolute atomic E-state index is 0.0382. The van der Waals surface area contributed by atoms with Crippen LogP contribution >= 0.6 is 0 Å². The van der Waals surface area contributed by atoms with Crippen molar-refractivity contribution in [3.63, 3.8) is 0 Å². The summed E-state index contributed by atoms with van der Waals surface area (Å²) >= 11 is 0. The van der Waals surface area contributed by atoms with E-state index in [0.717, 1.165) is 17.4 Å². The van der Waals surface area contributed by atoms with Crippen LogP contribution in [0.1, 0.15) is 25.8 Å². The lowest BCUT2D eigenvalue weighted by molar-refractivity contribution is 0.119. The smallest absolute Gasteiger partial charge is 0.233 e. The van der Waals surface area contributed by atoms with E-state index in [-0.39, 0.29) is 12.5 Å². The Morgan fingerprint density at radius 1 is 1.32 bits per heavy atom. The summed E-state index contributed by atoms with van der Waals surface area (Å²) in [7, 11) is -3.51. The molecule has 0 saturated heterocycles. The number of aliphatic hydroxyl groups is 1. The summed E-state index contributed by atoms with van der Waals surface area (Å²) in [5, 5.41) is 10.8. The summed E-state index contributed by atoms with van der Waals surface area (Å²) in [6.45, 7) is 3.88. The van der Waals surface area contributed by atoms with Crippen LogP contribution in [0.15, 0.2) is 35.7 Å². The van der Waals surface area contributed by atoms with E-state index in [1.165, 1.54) is 6.08 Å². The molecule has 0 aliphatic rings. The van der Waals surface area contributed by atoms with E-state index in [2.05, 4.69) is 4.72 Å². The van der Waals surface area contributed by atoms with Crippen molar-refractivity contribution in [2.45, 2.75) is 26.4 Å². The van der Waals surface area contributed by atoms with Gasteiger partial charge < -0.3 is 5.11 Å². The van der Waals surface area contributed by atoms with Crippen molar-refractivity contribution >= 4 is 16.1 Å². The fourth-order valence-electron chi connectivity index (χ4n) is 1.46. The van der Waals surface area contributed by atoms with Crippen LogP contribution < -0.4 is 4.72 Å². The Labute approximate surface area is 115 Å². The molecule has 0 heterocycles. The van der Waals surface area contributed by atoms with Crippen molar-refractivity contribution < 1.29 is 13.5 Å². The second kappa shape index (κ2) is 7.43. The number of sulfonamides is 1. The Bertz CT molecular complexity index is 497. The molecule has 0 aliphatic heterocycles. The van der Waals surface area contributed by atoms with Crippen LogP contribution in [-0.2, 0) is 10.0 Å². The highest BCUT2D eigenvalue weighted by Gasteiger charge is 2.14. The first-order chi connectivity index (χ1) is 8.94. The van der Waals surface area contributed by atoms with Crippen LogP contribution in [0.4, 0.5) is 0 Å². The minimum atomic E-state index is -3.51. The van der Waals surface area contributed by atoms with Gasteiger partial charge in [0.2, 0.25) is 10.0 Å². The summed E-state index contributed by atoms with van der Waals surface area (Å²) < 4.78 is 25.8. The topological polar surface area (TPSA) is 66.4 Å². The molecule has 106 valence electrons. The van der Waals surface area contributed by atoms with Crippen molar-refractivity contribution in [3.05, 3.63) is 41.3 Å². The highest BCUT2D eigenvalue weighted by atomic mass is 32.2. The third-order valence-electron chi connectivity index (χ3n) is 3.03. The first kappa shape index (κ1) is 15.9. The monoisotopic (exact) mass is 283 g/mol. The summed E-state index contributed by atoms with van der Waals surface area (Å²) in [6.07, 6.45) is 1.67. The van der Waals surface area contributed by atoms with E-state index in [4.69, 9.17) is 0 Å². The molecule has 0 aromatic heterocycles. The van der Waals surface area contributed by atoms with E-state index in [9.17, 15) is 13.5 Å². The Kier molecular flexibility index (Phi) is 6.21. The highest BCUT2D eigenvalue weighted by Crippen LogP contribution is 2.07. The molecular formula is C14H21NO3S. The molecule has 4 nitrogen and oxygen atoms in total. The maximum atomic E-state index is 11.7. The number of nitrogens with one attached hydrogen (secondary N) is 1. The van der Waals surface area contributed by atoms with Gasteiger partial charge in [-0.25, -0.2) is 13.1 Å². The summed E-state index contributed by atoms with van der Waals surface area (Å²) in [5.41, 5.74) is 0.815. The molecule has 0 spiro atoms. The lowest BCUT2D eigenvalue weighted by Crippen LogP contribution is -2.34. The first-order valence-electron chi connectivity index (χ1n) is 6.35. The van der Waals surface area contributed by atoms with Crippen molar-refractivity contribution in [1.29, 1.82) is 0 Å². The average Bonchev–Trinajstić information content (AvgIpc) is 2.43. The molecule has 1 rings (SSSR count). The summed E-state index contributed by atoms with van der Waals surface area (Å²) in [6, 6.07) is 9.19. The number of aliphatic hydroxyl groups excluding tert-OH is 1. The van der Waals surface area contributed by atoms with Crippen LogP contribution in [0.5, 0.6) is 0 Å². The van der Waals surface area contributed by atoms with Gasteiger partial charge in [0, 0.05) is 12.0 Å². The van der Waals surface area contributed by atoms with Gasteiger partial charge in [0.15, 0.2) is 0 Å². The summed E-state index contributed by atoms with van der Waals surface area (Å²) in [4.78, 5) is 0. The van der Waals surface area contributed by atoms with E-state index < -0.39 is 16.1 Å². The molecule has 0 amide bonds. The van der Waals surface area contributed by atoms with E-state index in [1.807, 2.05) is 44.2 Å². The average molecular weight is 283 g/mol. The zero-order chi connectivity index (χ0) is 14.3. The zero-order valence-corrected chi connectivity index (χ0v) is 12.1. The molecule has 0 fully saturated rings. The van der Waals surface area contributed by atoms with Crippen molar-refractivity contribution in [3.8, 4) is 0 Å². The third kappa shape index (κ3) is 6.00. The van der Waals surface area contributed by atoms with Crippen LogP contribution in [-0.4, -0.2) is 26.2 Å². The number of benzene rings is 1. The second-order valence-corrected chi connectivity index (χ2v) is 6.21. The zero-order valence-electron chi connectivity index (χ0n) is 11.3. The van der Waals surface area contributed by atoms with Crippen LogP contribution in [0.2, 0.25) is 0 Å². The second-order valence-electron chi connectivity index (χ2n) is 4.56. The Morgan fingerprint density at radius 3 is 2.53 bits per heavy atom. The molecule has 0 saturated carbocycles. The molecule has 1 aromatic carbocycles. The molecule has 0 radical (unpaired) electrons. The van der Waals surface area contributed by atoms with Gasteiger partial charge in [0.1, 0.15) is 0 Å². The lowest BCUT2D eigenvalue weighted by atomic mass is 10.0. The van der Waals surface area contributed by atoms with Crippen LogP contribution in [0.3, 0.4) is 0 Å². The Balaban J connectivity index is 2.55. The first-order valence-corrected chi connectivity index (χ1v) is 7.90. The standard InChI is InChI=1S/C14H21NO3S/c1-3-12(2)14(16)11-15-19(17,18)10-9-13-7-5-4-6-8-13/h4-10,12,14-16H,3,11H2,1-2H3/b10-9+. The predicted molar refractivity (Wildman–Crippen MR) is 77.9 cm³/mol. The molecule has 2 N–H and O–H groups in total. The van der Waals surface area contributed by atoms with Crippen LogP contribution in [0, 0.1) is 5.92 Å². The molecule has 1 aromatic rings. The van der Waals surface area contributed by atoms with Gasteiger partial charge in [-0.05, 0) is 17.6 Å². The molecule has 5 heteroatoms. The lowest BCUT2D eigenvalue weighted by Gasteiger charge is -2.16. The summed E-state index contributed by atoms with van der Waals surface area (Å²) in [5.74, 6) is 0.0702. The fourth-order valence-corrected chi connectivity index (χ4v) is 2.29. The van der Waals surface area contributed by atoms with Gasteiger partial charge in [-0.3, -0.25) is 0 Å². The number of rotatable bonds is 7. The molecular weight excluding hydrogens is 262 g/mol. The molecule has 19 heavy (non-hydrogen) atoms. The van der Waals surface area contributed by atoms with Crippen molar-refractivity contribution in [1.82, 2.24) is 4.72 Å². The van der Waals surface area contributed by atoms with Gasteiger partial charge in [0.25, 0.3) is 0 Å². The quantitative estimate of drug-likeness (QED) is 0.804. The van der Waals surface area contributed by atoms with E-state index >= 15 is 0 Å². The molecule has 2 unspecified atom stereocenters. The van der Waals surface area contributed by atoms with E-state index in [1.54, 1.807) is 0 Å². The largest absolute Gasteiger partial charge is 0.391 e. The van der Waals surface area contributed by atoms with E-state index in [0.29, 0.717) is 0 Å².